The van der Waals surface area contributed by atoms with Crippen LogP contribution in [-0.4, -0.2) is 59.5 Å². The number of hydrogen-bond donors (Lipinski definition) is 1. The number of benzene rings is 2. The monoisotopic (exact) mass is 405 g/mol. The summed E-state index contributed by atoms with van der Waals surface area (Å²) in [5.74, 6) is 1.00. The topological polar surface area (TPSA) is 55.5 Å². The second-order valence-electron chi connectivity index (χ2n) is 8.14. The van der Waals surface area contributed by atoms with Gasteiger partial charge in [0.1, 0.15) is 0 Å². The predicted octanol–water partition coefficient (Wildman–Crippen LogP) is 4.15. The number of nitrogens with one attached hydrogen (secondary N) is 1. The molecule has 1 aliphatic heterocycles. The second-order valence-corrected chi connectivity index (χ2v) is 8.14. The van der Waals surface area contributed by atoms with Crippen molar-refractivity contribution in [3.63, 3.8) is 0 Å². The predicted molar refractivity (Wildman–Crippen MR) is 123 cm³/mol. The molecule has 2 aromatic carbocycles. The molecule has 0 atom stereocenters. The third-order valence-corrected chi connectivity index (χ3v) is 5.87. The Labute approximate surface area is 178 Å². The van der Waals surface area contributed by atoms with Crippen LogP contribution in [0.25, 0.3) is 11.0 Å². The number of imidazole rings is 1. The zero-order valence-corrected chi connectivity index (χ0v) is 18.1. The van der Waals surface area contributed by atoms with Crippen LogP contribution >= 0.6 is 0 Å². The number of carbonyl (C=O) groups excluding carboxylic acids is 1. The highest BCUT2D eigenvalue weighted by Crippen LogP contribution is 2.21. The van der Waals surface area contributed by atoms with E-state index in [1.807, 2.05) is 41.3 Å². The molecule has 4 rings (SSSR count). The quantitative estimate of drug-likeness (QED) is 0.693. The summed E-state index contributed by atoms with van der Waals surface area (Å²) < 4.78 is 0. The van der Waals surface area contributed by atoms with Crippen molar-refractivity contribution in [3.8, 4) is 0 Å². The van der Waals surface area contributed by atoms with Crippen molar-refractivity contribution in [1.29, 1.82) is 0 Å². The molecule has 1 fully saturated rings. The summed E-state index contributed by atoms with van der Waals surface area (Å²) in [6.07, 6.45) is 0.928. The van der Waals surface area contributed by atoms with Crippen LogP contribution < -0.4 is 9.80 Å². The number of anilines is 2. The lowest BCUT2D eigenvalue weighted by Gasteiger charge is -2.28. The molecule has 1 N–H and O–H groups in total. The third-order valence-electron chi connectivity index (χ3n) is 5.87. The van der Waals surface area contributed by atoms with Crippen molar-refractivity contribution < 1.29 is 4.79 Å². The van der Waals surface area contributed by atoms with E-state index in [4.69, 9.17) is 4.98 Å². The van der Waals surface area contributed by atoms with E-state index in [1.165, 1.54) is 0 Å². The van der Waals surface area contributed by atoms with E-state index in [0.717, 1.165) is 60.8 Å². The Balaban J connectivity index is 1.43. The molecule has 0 radical (unpaired) electrons. The standard InChI is InChI=1S/C24H31N5O/c1-4-29(18(2)3)20-12-10-19(11-13-20)23(30)27-14-7-15-28(17-16-27)24-25-21-8-5-6-9-22(21)26-24/h5-6,8-13,18H,4,7,14-17H2,1-3H3,(H,25,26). The molecule has 1 amide bonds. The summed E-state index contributed by atoms with van der Waals surface area (Å²) in [6, 6.07) is 16.6. The van der Waals surface area contributed by atoms with Crippen molar-refractivity contribution in [1.82, 2.24) is 14.9 Å². The number of rotatable bonds is 5. The van der Waals surface area contributed by atoms with Gasteiger partial charge in [0, 0.05) is 50.0 Å². The van der Waals surface area contributed by atoms with Gasteiger partial charge >= 0.3 is 0 Å². The smallest absolute Gasteiger partial charge is 0.253 e. The van der Waals surface area contributed by atoms with Crippen LogP contribution in [0.2, 0.25) is 0 Å². The maximum Gasteiger partial charge on any atom is 0.253 e. The number of hydrogen-bond acceptors (Lipinski definition) is 4. The first-order chi connectivity index (χ1) is 14.6. The molecule has 0 bridgehead atoms. The average Bonchev–Trinajstić information content (AvgIpc) is 3.03. The van der Waals surface area contributed by atoms with Gasteiger partial charge in [-0.05, 0) is 63.6 Å². The van der Waals surface area contributed by atoms with Gasteiger partial charge < -0.3 is 19.7 Å². The Morgan fingerprint density at radius 3 is 2.53 bits per heavy atom. The van der Waals surface area contributed by atoms with Crippen LogP contribution in [0.3, 0.4) is 0 Å². The average molecular weight is 406 g/mol. The molecule has 0 aliphatic carbocycles. The summed E-state index contributed by atoms with van der Waals surface area (Å²) in [5.41, 5.74) is 3.95. The molecule has 0 saturated carbocycles. The molecule has 30 heavy (non-hydrogen) atoms. The first-order valence-electron chi connectivity index (χ1n) is 10.9. The molecule has 1 saturated heterocycles. The largest absolute Gasteiger partial charge is 0.369 e. The number of carbonyl (C=O) groups is 1. The first kappa shape index (κ1) is 20.3. The van der Waals surface area contributed by atoms with Crippen LogP contribution in [0.1, 0.15) is 37.6 Å². The Morgan fingerprint density at radius 1 is 1.07 bits per heavy atom. The maximum absolute atomic E-state index is 13.1. The number of aromatic nitrogens is 2. The lowest BCUT2D eigenvalue weighted by atomic mass is 10.1. The van der Waals surface area contributed by atoms with Gasteiger partial charge in [0.05, 0.1) is 11.0 Å². The van der Waals surface area contributed by atoms with E-state index in [0.29, 0.717) is 12.6 Å². The van der Waals surface area contributed by atoms with Gasteiger partial charge in [0.25, 0.3) is 5.91 Å². The molecule has 2 heterocycles. The molecule has 6 heteroatoms. The van der Waals surface area contributed by atoms with E-state index in [9.17, 15) is 4.79 Å². The van der Waals surface area contributed by atoms with Gasteiger partial charge in [-0.25, -0.2) is 4.98 Å². The fourth-order valence-corrected chi connectivity index (χ4v) is 4.25. The molecule has 6 nitrogen and oxygen atoms in total. The van der Waals surface area contributed by atoms with Crippen molar-refractivity contribution >= 4 is 28.6 Å². The molecule has 158 valence electrons. The van der Waals surface area contributed by atoms with E-state index >= 15 is 0 Å². The molecule has 1 aromatic heterocycles. The van der Waals surface area contributed by atoms with E-state index < -0.39 is 0 Å². The minimum absolute atomic E-state index is 0.112. The normalized spacial score (nSPS) is 14.9. The summed E-state index contributed by atoms with van der Waals surface area (Å²) in [6.45, 7) is 10.6. The molecule has 1 aliphatic rings. The highest BCUT2D eigenvalue weighted by Gasteiger charge is 2.22. The molecular weight excluding hydrogens is 374 g/mol. The summed E-state index contributed by atoms with van der Waals surface area (Å²) >= 11 is 0. The number of H-pyrrole nitrogens is 1. The van der Waals surface area contributed by atoms with E-state index in [1.54, 1.807) is 0 Å². The Bertz CT molecular complexity index is 961. The van der Waals surface area contributed by atoms with Gasteiger partial charge in [-0.15, -0.1) is 0 Å². The molecular formula is C24H31N5O. The van der Waals surface area contributed by atoms with Crippen molar-refractivity contribution in [2.24, 2.45) is 0 Å². The zero-order valence-electron chi connectivity index (χ0n) is 18.1. The van der Waals surface area contributed by atoms with Crippen LogP contribution in [-0.2, 0) is 0 Å². The Hall–Kier alpha value is -3.02. The molecule has 0 spiro atoms. The molecule has 0 unspecified atom stereocenters. The van der Waals surface area contributed by atoms with E-state index in [2.05, 4.69) is 47.7 Å². The van der Waals surface area contributed by atoms with Gasteiger partial charge in [-0.3, -0.25) is 4.79 Å². The van der Waals surface area contributed by atoms with Crippen LogP contribution in [0.5, 0.6) is 0 Å². The summed E-state index contributed by atoms with van der Waals surface area (Å²) in [4.78, 5) is 27.8. The number of aromatic amines is 1. The Kier molecular flexibility index (Phi) is 5.93. The lowest BCUT2D eigenvalue weighted by molar-refractivity contribution is 0.0767. The zero-order chi connectivity index (χ0) is 21.1. The Morgan fingerprint density at radius 2 is 1.83 bits per heavy atom. The van der Waals surface area contributed by atoms with Crippen molar-refractivity contribution in [2.75, 3.05) is 42.5 Å². The maximum atomic E-state index is 13.1. The van der Waals surface area contributed by atoms with Crippen molar-refractivity contribution in [3.05, 3.63) is 54.1 Å². The lowest BCUT2D eigenvalue weighted by Crippen LogP contribution is -2.35. The molecule has 3 aromatic rings. The third kappa shape index (κ3) is 4.13. The first-order valence-corrected chi connectivity index (χ1v) is 10.9. The van der Waals surface area contributed by atoms with Gasteiger partial charge in [0.15, 0.2) is 0 Å². The summed E-state index contributed by atoms with van der Waals surface area (Å²) in [5, 5.41) is 0. The number of fused-ring (bicyclic) bond motifs is 1. The highest BCUT2D eigenvalue weighted by molar-refractivity contribution is 5.94. The van der Waals surface area contributed by atoms with Gasteiger partial charge in [0.2, 0.25) is 5.95 Å². The fraction of sp³-hybridized carbons (Fsp3) is 0.417. The van der Waals surface area contributed by atoms with Crippen molar-refractivity contribution in [2.45, 2.75) is 33.2 Å². The number of amides is 1. The van der Waals surface area contributed by atoms with E-state index in [-0.39, 0.29) is 5.91 Å². The van der Waals surface area contributed by atoms with Crippen LogP contribution in [0, 0.1) is 0 Å². The fourth-order valence-electron chi connectivity index (χ4n) is 4.25. The van der Waals surface area contributed by atoms with Crippen LogP contribution in [0.15, 0.2) is 48.5 Å². The highest BCUT2D eigenvalue weighted by atomic mass is 16.2. The summed E-state index contributed by atoms with van der Waals surface area (Å²) in [7, 11) is 0. The minimum Gasteiger partial charge on any atom is -0.369 e. The van der Waals surface area contributed by atoms with Gasteiger partial charge in [-0.2, -0.15) is 0 Å². The number of nitrogens with zero attached hydrogens (tertiary/aromatic N) is 4. The SMILES string of the molecule is CCN(c1ccc(C(=O)N2CCCN(c3nc4ccccc4[nH]3)CC2)cc1)C(C)C. The number of para-hydroxylation sites is 2. The van der Waals surface area contributed by atoms with Crippen LogP contribution in [0.4, 0.5) is 11.6 Å². The van der Waals surface area contributed by atoms with Gasteiger partial charge in [-0.1, -0.05) is 12.1 Å². The minimum atomic E-state index is 0.112. The second kappa shape index (κ2) is 8.78.